The number of hydrogen-bond donors (Lipinski definition) is 2. The summed E-state index contributed by atoms with van der Waals surface area (Å²) in [5.41, 5.74) is 8.96. The van der Waals surface area contributed by atoms with Gasteiger partial charge < -0.3 is 11.1 Å². The molecule has 0 aliphatic rings. The van der Waals surface area contributed by atoms with Crippen molar-refractivity contribution >= 4 is 17.3 Å². The molecule has 0 saturated heterocycles. The summed E-state index contributed by atoms with van der Waals surface area (Å²) in [4.78, 5) is 15.7. The van der Waals surface area contributed by atoms with Crippen LogP contribution in [0.4, 0.5) is 15.8 Å². The van der Waals surface area contributed by atoms with E-state index < -0.39 is 11.7 Å². The van der Waals surface area contributed by atoms with Gasteiger partial charge in [0.2, 0.25) is 0 Å². The van der Waals surface area contributed by atoms with Crippen molar-refractivity contribution in [2.75, 3.05) is 11.1 Å². The van der Waals surface area contributed by atoms with Crippen molar-refractivity contribution in [1.29, 1.82) is 0 Å². The third kappa shape index (κ3) is 2.70. The maximum absolute atomic E-state index is 12.7. The van der Waals surface area contributed by atoms with E-state index in [1.54, 1.807) is 6.07 Å². The highest BCUT2D eigenvalue weighted by atomic mass is 19.1. The number of rotatable bonds is 2. The molecule has 2 rings (SSSR count). The van der Waals surface area contributed by atoms with Gasteiger partial charge in [0.25, 0.3) is 5.91 Å². The molecular weight excluding hydrogens is 245 g/mol. The molecule has 0 saturated carbocycles. The van der Waals surface area contributed by atoms with E-state index in [0.29, 0.717) is 11.4 Å². The monoisotopic (exact) mass is 259 g/mol. The summed E-state index contributed by atoms with van der Waals surface area (Å²) >= 11 is 0. The van der Waals surface area contributed by atoms with E-state index in [-0.39, 0.29) is 5.69 Å². The van der Waals surface area contributed by atoms with Crippen molar-refractivity contribution in [2.45, 2.75) is 13.8 Å². The Morgan fingerprint density at radius 1 is 1.26 bits per heavy atom. The quantitative estimate of drug-likeness (QED) is 0.815. The number of carbonyl (C=O) groups is 1. The summed E-state index contributed by atoms with van der Waals surface area (Å²) in [6.07, 6.45) is 1.00. The van der Waals surface area contributed by atoms with Gasteiger partial charge in [0.05, 0.1) is 17.6 Å². The molecule has 0 aliphatic carbocycles. The van der Waals surface area contributed by atoms with Crippen LogP contribution >= 0.6 is 0 Å². The molecule has 4 nitrogen and oxygen atoms in total. The number of aromatic nitrogens is 1. The standard InChI is InChI=1S/C14H14FN3O/c1-8-3-5-11(16)13(9(8)2)18-14(19)12-6-4-10(15)7-17-12/h3-7H,16H2,1-2H3,(H,18,19). The number of carbonyl (C=O) groups excluding carboxylic acids is 1. The van der Waals surface area contributed by atoms with Crippen LogP contribution in [-0.4, -0.2) is 10.9 Å². The molecule has 1 aromatic carbocycles. The van der Waals surface area contributed by atoms with Crippen molar-refractivity contribution in [1.82, 2.24) is 4.98 Å². The zero-order valence-electron chi connectivity index (χ0n) is 10.7. The minimum atomic E-state index is -0.484. The third-order valence-corrected chi connectivity index (χ3v) is 2.97. The van der Waals surface area contributed by atoms with Crippen molar-refractivity contribution in [2.24, 2.45) is 0 Å². The predicted molar refractivity (Wildman–Crippen MR) is 72.5 cm³/mol. The van der Waals surface area contributed by atoms with Crippen molar-refractivity contribution < 1.29 is 9.18 Å². The number of halogens is 1. The number of aryl methyl sites for hydroxylation is 1. The molecule has 19 heavy (non-hydrogen) atoms. The topological polar surface area (TPSA) is 68.0 Å². The van der Waals surface area contributed by atoms with Crippen LogP contribution in [0.2, 0.25) is 0 Å². The lowest BCUT2D eigenvalue weighted by molar-refractivity contribution is 0.102. The molecule has 1 heterocycles. The Morgan fingerprint density at radius 3 is 2.63 bits per heavy atom. The van der Waals surface area contributed by atoms with Crippen LogP contribution in [0.5, 0.6) is 0 Å². The Labute approximate surface area is 110 Å². The second-order valence-corrected chi connectivity index (χ2v) is 4.29. The second kappa shape index (κ2) is 5.06. The maximum Gasteiger partial charge on any atom is 0.274 e. The van der Waals surface area contributed by atoms with Gasteiger partial charge in [-0.15, -0.1) is 0 Å². The highest BCUT2D eigenvalue weighted by Crippen LogP contribution is 2.26. The predicted octanol–water partition coefficient (Wildman–Crippen LogP) is 2.67. The molecule has 3 N–H and O–H groups in total. The number of amides is 1. The van der Waals surface area contributed by atoms with Gasteiger partial charge in [0.15, 0.2) is 0 Å². The van der Waals surface area contributed by atoms with Crippen molar-refractivity contribution in [3.63, 3.8) is 0 Å². The average molecular weight is 259 g/mol. The van der Waals surface area contributed by atoms with Crippen LogP contribution < -0.4 is 11.1 Å². The summed E-state index contributed by atoms with van der Waals surface area (Å²) in [6, 6.07) is 6.13. The van der Waals surface area contributed by atoms with Gasteiger partial charge in [-0.2, -0.15) is 0 Å². The lowest BCUT2D eigenvalue weighted by Crippen LogP contribution is -2.16. The van der Waals surface area contributed by atoms with Crippen molar-refractivity contribution in [3.05, 3.63) is 53.1 Å². The van der Waals surface area contributed by atoms with Gasteiger partial charge in [0.1, 0.15) is 11.5 Å². The Balaban J connectivity index is 2.29. The van der Waals surface area contributed by atoms with Gasteiger partial charge in [-0.3, -0.25) is 4.79 Å². The molecular formula is C14H14FN3O. The number of hydrogen-bond acceptors (Lipinski definition) is 3. The second-order valence-electron chi connectivity index (χ2n) is 4.29. The first kappa shape index (κ1) is 13.0. The molecule has 2 aromatic rings. The van der Waals surface area contributed by atoms with E-state index in [4.69, 9.17) is 5.73 Å². The molecule has 0 atom stereocenters. The average Bonchev–Trinajstić information content (AvgIpc) is 2.40. The first-order valence-electron chi connectivity index (χ1n) is 5.77. The molecule has 0 radical (unpaired) electrons. The molecule has 0 aliphatic heterocycles. The van der Waals surface area contributed by atoms with Crippen LogP contribution in [0, 0.1) is 19.7 Å². The van der Waals surface area contributed by atoms with Crippen LogP contribution in [-0.2, 0) is 0 Å². The molecule has 0 bridgehead atoms. The fourth-order valence-electron chi connectivity index (χ4n) is 1.69. The first-order chi connectivity index (χ1) is 8.99. The van der Waals surface area contributed by atoms with Crippen LogP contribution in [0.3, 0.4) is 0 Å². The fraction of sp³-hybridized carbons (Fsp3) is 0.143. The van der Waals surface area contributed by atoms with Crippen LogP contribution in [0.1, 0.15) is 21.6 Å². The lowest BCUT2D eigenvalue weighted by atomic mass is 10.1. The van der Waals surface area contributed by atoms with Crippen molar-refractivity contribution in [3.8, 4) is 0 Å². The van der Waals surface area contributed by atoms with Gasteiger partial charge in [-0.05, 0) is 43.2 Å². The third-order valence-electron chi connectivity index (χ3n) is 2.97. The van der Waals surface area contributed by atoms with Gasteiger partial charge in [0, 0.05) is 0 Å². The van der Waals surface area contributed by atoms with Gasteiger partial charge in [-0.25, -0.2) is 9.37 Å². The fourth-order valence-corrected chi connectivity index (χ4v) is 1.69. The summed E-state index contributed by atoms with van der Waals surface area (Å²) in [5, 5.41) is 2.71. The van der Waals surface area contributed by atoms with E-state index in [9.17, 15) is 9.18 Å². The number of anilines is 2. The zero-order valence-corrected chi connectivity index (χ0v) is 10.7. The minimum Gasteiger partial charge on any atom is -0.397 e. The number of benzene rings is 1. The van der Waals surface area contributed by atoms with Crippen LogP contribution in [0.15, 0.2) is 30.5 Å². The Kier molecular flexibility index (Phi) is 3.46. The Hall–Kier alpha value is -2.43. The smallest absolute Gasteiger partial charge is 0.274 e. The molecule has 0 fully saturated rings. The van der Waals surface area contributed by atoms with E-state index in [0.717, 1.165) is 17.3 Å². The summed E-state index contributed by atoms with van der Waals surface area (Å²) < 4.78 is 12.7. The molecule has 1 amide bonds. The maximum atomic E-state index is 12.7. The highest BCUT2D eigenvalue weighted by Gasteiger charge is 2.12. The Bertz CT molecular complexity index is 623. The van der Waals surface area contributed by atoms with E-state index in [1.165, 1.54) is 12.1 Å². The summed E-state index contributed by atoms with van der Waals surface area (Å²) in [5.74, 6) is -0.900. The summed E-state index contributed by atoms with van der Waals surface area (Å²) in [7, 11) is 0. The lowest BCUT2D eigenvalue weighted by Gasteiger charge is -2.13. The first-order valence-corrected chi connectivity index (χ1v) is 5.77. The highest BCUT2D eigenvalue weighted by molar-refractivity contribution is 6.05. The largest absolute Gasteiger partial charge is 0.397 e. The minimum absolute atomic E-state index is 0.140. The van der Waals surface area contributed by atoms with E-state index in [2.05, 4.69) is 10.3 Å². The number of nitrogens with two attached hydrogens (primary N) is 1. The summed E-state index contributed by atoms with van der Waals surface area (Å²) in [6.45, 7) is 3.81. The van der Waals surface area contributed by atoms with E-state index >= 15 is 0 Å². The molecule has 0 unspecified atom stereocenters. The number of nitrogens with zero attached hydrogens (tertiary/aromatic N) is 1. The molecule has 98 valence electrons. The molecule has 1 aromatic heterocycles. The Morgan fingerprint density at radius 2 is 2.00 bits per heavy atom. The van der Waals surface area contributed by atoms with Gasteiger partial charge in [-0.1, -0.05) is 6.07 Å². The number of pyridine rings is 1. The molecule has 0 spiro atoms. The van der Waals surface area contributed by atoms with Gasteiger partial charge >= 0.3 is 0 Å². The SMILES string of the molecule is Cc1ccc(N)c(NC(=O)c2ccc(F)cn2)c1C. The van der Waals surface area contributed by atoms with E-state index in [1.807, 2.05) is 19.9 Å². The normalized spacial score (nSPS) is 10.3. The molecule has 5 heteroatoms. The van der Waals surface area contributed by atoms with Crippen LogP contribution in [0.25, 0.3) is 0 Å². The zero-order chi connectivity index (χ0) is 14.0. The number of nitrogens with one attached hydrogen (secondary N) is 1. The number of nitrogen functional groups attached to an aromatic ring is 1.